The normalized spacial score (nSPS) is 10.3. The summed E-state index contributed by atoms with van der Waals surface area (Å²) in [5.41, 5.74) is 0.262. The topological polar surface area (TPSA) is 75.5 Å². The second kappa shape index (κ2) is 7.83. The molecule has 0 saturated heterocycles. The number of nitro benzene ring substituents is 1. The number of nitrogens with zero attached hydrogens (tertiary/aromatic N) is 2. The first-order valence-electron chi connectivity index (χ1n) is 6.91. The van der Waals surface area contributed by atoms with Gasteiger partial charge in [-0.25, -0.2) is 0 Å². The van der Waals surface area contributed by atoms with Crippen LogP contribution in [0.25, 0.3) is 0 Å². The maximum Gasteiger partial charge on any atom is 0.294 e. The smallest absolute Gasteiger partial charge is 0.294 e. The van der Waals surface area contributed by atoms with E-state index in [0.717, 1.165) is 12.8 Å². The molecule has 0 aliphatic rings. The number of nitrogens with one attached hydrogen (secondary N) is 1. The fourth-order valence-corrected chi connectivity index (χ4v) is 2.35. The zero-order valence-electron chi connectivity index (χ0n) is 12.5. The summed E-state index contributed by atoms with van der Waals surface area (Å²) >= 11 is 6.04. The summed E-state index contributed by atoms with van der Waals surface area (Å²) in [6, 6.07) is 2.74. The lowest BCUT2D eigenvalue weighted by atomic mass is 10.1. The Morgan fingerprint density at radius 3 is 2.57 bits per heavy atom. The van der Waals surface area contributed by atoms with E-state index < -0.39 is 4.92 Å². The zero-order chi connectivity index (χ0) is 16.0. The van der Waals surface area contributed by atoms with E-state index in [2.05, 4.69) is 5.32 Å². The molecular weight excluding hydrogens is 294 g/mol. The highest BCUT2D eigenvalue weighted by molar-refractivity contribution is 6.34. The highest BCUT2D eigenvalue weighted by atomic mass is 35.5. The Balaban J connectivity index is 3.18. The van der Waals surface area contributed by atoms with Crippen LogP contribution in [-0.2, 0) is 0 Å². The van der Waals surface area contributed by atoms with Crippen molar-refractivity contribution in [3.8, 4) is 0 Å². The predicted molar refractivity (Wildman–Crippen MR) is 84.1 cm³/mol. The van der Waals surface area contributed by atoms with Crippen LogP contribution in [0.1, 0.15) is 37.0 Å². The number of benzene rings is 1. The Morgan fingerprint density at radius 1 is 1.43 bits per heavy atom. The van der Waals surface area contributed by atoms with Crippen molar-refractivity contribution in [2.24, 2.45) is 0 Å². The molecule has 0 aliphatic heterocycles. The van der Waals surface area contributed by atoms with E-state index in [-0.39, 0.29) is 27.9 Å². The summed E-state index contributed by atoms with van der Waals surface area (Å²) in [4.78, 5) is 24.7. The Morgan fingerprint density at radius 2 is 2.10 bits per heavy atom. The molecule has 0 fully saturated rings. The maximum absolute atomic E-state index is 12.4. The molecule has 6 nitrogen and oxygen atoms in total. The first-order chi connectivity index (χ1) is 9.96. The molecule has 21 heavy (non-hydrogen) atoms. The lowest BCUT2D eigenvalue weighted by molar-refractivity contribution is -0.384. The molecule has 116 valence electrons. The molecule has 0 atom stereocenters. The van der Waals surface area contributed by atoms with Gasteiger partial charge in [0.15, 0.2) is 0 Å². The number of rotatable bonds is 7. The monoisotopic (exact) mass is 313 g/mol. The number of carbonyl (C=O) groups is 1. The van der Waals surface area contributed by atoms with E-state index in [0.29, 0.717) is 13.1 Å². The van der Waals surface area contributed by atoms with E-state index in [4.69, 9.17) is 11.6 Å². The van der Waals surface area contributed by atoms with E-state index in [1.807, 2.05) is 13.8 Å². The van der Waals surface area contributed by atoms with Gasteiger partial charge in [-0.3, -0.25) is 14.9 Å². The van der Waals surface area contributed by atoms with Gasteiger partial charge in [0, 0.05) is 31.8 Å². The Bertz CT molecular complexity index is 534. The molecular formula is C14H20ClN3O3. The summed E-state index contributed by atoms with van der Waals surface area (Å²) < 4.78 is 0. The minimum Gasteiger partial charge on any atom is -0.381 e. The van der Waals surface area contributed by atoms with Crippen LogP contribution in [-0.4, -0.2) is 35.9 Å². The molecule has 0 aliphatic carbocycles. The molecule has 1 N–H and O–H groups in total. The van der Waals surface area contributed by atoms with Crippen molar-refractivity contribution in [3.05, 3.63) is 32.8 Å². The minimum absolute atomic E-state index is 0.168. The molecule has 1 amide bonds. The fourth-order valence-electron chi connectivity index (χ4n) is 2.04. The maximum atomic E-state index is 12.4. The van der Waals surface area contributed by atoms with Crippen LogP contribution in [0.4, 0.5) is 11.4 Å². The van der Waals surface area contributed by atoms with Crippen LogP contribution in [0.2, 0.25) is 5.02 Å². The quantitative estimate of drug-likeness (QED) is 0.617. The van der Waals surface area contributed by atoms with Gasteiger partial charge in [-0.2, -0.15) is 0 Å². The lowest BCUT2D eigenvalue weighted by Gasteiger charge is -2.21. The number of unbranched alkanes of at least 4 members (excludes halogenated alkanes) is 1. The van der Waals surface area contributed by atoms with Crippen LogP contribution < -0.4 is 5.32 Å². The summed E-state index contributed by atoms with van der Waals surface area (Å²) in [6.07, 6.45) is 1.87. The molecule has 0 aromatic heterocycles. The number of nitro groups is 1. The van der Waals surface area contributed by atoms with Crippen molar-refractivity contribution >= 4 is 28.9 Å². The molecule has 0 spiro atoms. The molecule has 0 unspecified atom stereocenters. The van der Waals surface area contributed by atoms with Gasteiger partial charge in [-0.05, 0) is 19.4 Å². The second-order valence-electron chi connectivity index (χ2n) is 4.60. The zero-order valence-corrected chi connectivity index (χ0v) is 13.2. The Hall–Kier alpha value is -1.82. The van der Waals surface area contributed by atoms with Crippen LogP contribution in [0.3, 0.4) is 0 Å². The third-order valence-corrected chi connectivity index (χ3v) is 3.51. The molecule has 0 heterocycles. The summed E-state index contributed by atoms with van der Waals surface area (Å²) in [5.74, 6) is -0.237. The van der Waals surface area contributed by atoms with Crippen LogP contribution in [0.5, 0.6) is 0 Å². The third-order valence-electron chi connectivity index (χ3n) is 3.21. The van der Waals surface area contributed by atoms with Crippen molar-refractivity contribution in [2.45, 2.75) is 26.7 Å². The summed E-state index contributed by atoms with van der Waals surface area (Å²) in [7, 11) is 1.55. The minimum atomic E-state index is -0.545. The number of carbonyl (C=O) groups excluding carboxylic acids is 1. The molecule has 0 saturated carbocycles. The molecule has 1 rings (SSSR count). The van der Waals surface area contributed by atoms with Gasteiger partial charge in [0.2, 0.25) is 0 Å². The van der Waals surface area contributed by atoms with E-state index in [9.17, 15) is 14.9 Å². The van der Waals surface area contributed by atoms with Crippen molar-refractivity contribution in [3.63, 3.8) is 0 Å². The standard InChI is InChI=1S/C14H20ClN3O3/c1-4-6-7-17(5-2)14(19)10-8-11(15)13(16-3)12(9-10)18(20)21/h8-9,16H,4-7H2,1-3H3. The number of hydrogen-bond donors (Lipinski definition) is 1. The van der Waals surface area contributed by atoms with Gasteiger partial charge in [0.1, 0.15) is 5.69 Å². The van der Waals surface area contributed by atoms with Crippen molar-refractivity contribution in [1.29, 1.82) is 0 Å². The highest BCUT2D eigenvalue weighted by Crippen LogP contribution is 2.33. The van der Waals surface area contributed by atoms with Gasteiger partial charge < -0.3 is 10.2 Å². The molecule has 0 radical (unpaired) electrons. The van der Waals surface area contributed by atoms with Gasteiger partial charge in [0.05, 0.1) is 9.95 Å². The average Bonchev–Trinajstić information content (AvgIpc) is 2.46. The first kappa shape index (κ1) is 17.2. The Labute approximate surface area is 129 Å². The third kappa shape index (κ3) is 4.07. The first-order valence-corrected chi connectivity index (χ1v) is 7.28. The number of halogens is 1. The molecule has 1 aromatic carbocycles. The molecule has 7 heteroatoms. The van der Waals surface area contributed by atoms with E-state index in [1.165, 1.54) is 12.1 Å². The molecule has 0 bridgehead atoms. The molecule has 1 aromatic rings. The predicted octanol–water partition coefficient (Wildman–Crippen LogP) is 3.55. The van der Waals surface area contributed by atoms with Gasteiger partial charge in [-0.1, -0.05) is 24.9 Å². The lowest BCUT2D eigenvalue weighted by Crippen LogP contribution is -2.31. The highest BCUT2D eigenvalue weighted by Gasteiger charge is 2.22. The van der Waals surface area contributed by atoms with Crippen LogP contribution in [0, 0.1) is 10.1 Å². The number of anilines is 1. The second-order valence-corrected chi connectivity index (χ2v) is 5.00. The number of hydrogen-bond acceptors (Lipinski definition) is 4. The van der Waals surface area contributed by atoms with Crippen LogP contribution >= 0.6 is 11.6 Å². The van der Waals surface area contributed by atoms with Gasteiger partial charge in [-0.15, -0.1) is 0 Å². The van der Waals surface area contributed by atoms with E-state index >= 15 is 0 Å². The van der Waals surface area contributed by atoms with E-state index in [1.54, 1.807) is 11.9 Å². The van der Waals surface area contributed by atoms with Crippen molar-refractivity contribution in [2.75, 3.05) is 25.5 Å². The van der Waals surface area contributed by atoms with Crippen LogP contribution in [0.15, 0.2) is 12.1 Å². The van der Waals surface area contributed by atoms with Crippen molar-refractivity contribution in [1.82, 2.24) is 4.90 Å². The van der Waals surface area contributed by atoms with Gasteiger partial charge >= 0.3 is 0 Å². The SMILES string of the molecule is CCCCN(CC)C(=O)c1cc(Cl)c(NC)c([N+](=O)[O-])c1. The van der Waals surface area contributed by atoms with Crippen molar-refractivity contribution < 1.29 is 9.72 Å². The largest absolute Gasteiger partial charge is 0.381 e. The van der Waals surface area contributed by atoms with Gasteiger partial charge in [0.25, 0.3) is 11.6 Å². The fraction of sp³-hybridized carbons (Fsp3) is 0.500. The number of amides is 1. The summed E-state index contributed by atoms with van der Waals surface area (Å²) in [5, 5.41) is 14.0. The average molecular weight is 314 g/mol. The summed E-state index contributed by atoms with van der Waals surface area (Å²) in [6.45, 7) is 5.11. The Kier molecular flexibility index (Phi) is 6.42.